The van der Waals surface area contributed by atoms with Crippen molar-refractivity contribution in [1.82, 2.24) is 0 Å². The highest BCUT2D eigenvalue weighted by Gasteiger charge is 2.24. The highest BCUT2D eigenvalue weighted by molar-refractivity contribution is 6.32. The molecule has 6 heteroatoms. The number of halogens is 1. The summed E-state index contributed by atoms with van der Waals surface area (Å²) in [5.41, 5.74) is 2.59. The molecule has 0 N–H and O–H groups in total. The monoisotopic (exact) mass is 469 g/mol. The molecule has 5 rings (SSSR count). The lowest BCUT2D eigenvalue weighted by atomic mass is 10.1. The molecule has 0 aliphatic carbocycles. The van der Waals surface area contributed by atoms with Gasteiger partial charge in [0.15, 0.2) is 17.2 Å². The van der Waals surface area contributed by atoms with E-state index >= 15 is 0 Å². The molecular formula is C28H20ClNO4. The molecule has 5 nitrogen and oxygen atoms in total. The van der Waals surface area contributed by atoms with E-state index in [1.54, 1.807) is 25.3 Å². The van der Waals surface area contributed by atoms with Gasteiger partial charge in [0, 0.05) is 5.56 Å². The SMILES string of the molecule is COc1cc(/C=C2\N=C(c3ccccc3)OC2=O)cc(Cl)c1OCc1cccc2ccccc12. The molecule has 1 aliphatic rings. The number of ether oxygens (including phenoxy) is 3. The zero-order valence-corrected chi connectivity index (χ0v) is 19.1. The molecule has 0 unspecified atom stereocenters. The van der Waals surface area contributed by atoms with E-state index in [2.05, 4.69) is 23.2 Å². The van der Waals surface area contributed by atoms with Crippen LogP contribution in [-0.4, -0.2) is 19.0 Å². The summed E-state index contributed by atoms with van der Waals surface area (Å²) in [6.45, 7) is 0.328. The van der Waals surface area contributed by atoms with Crippen molar-refractivity contribution in [3.63, 3.8) is 0 Å². The number of nitrogens with zero attached hydrogens (tertiary/aromatic N) is 1. The third kappa shape index (κ3) is 4.38. The molecule has 0 amide bonds. The predicted molar refractivity (Wildman–Crippen MR) is 133 cm³/mol. The van der Waals surface area contributed by atoms with Crippen LogP contribution < -0.4 is 9.47 Å². The first-order valence-corrected chi connectivity index (χ1v) is 11.0. The van der Waals surface area contributed by atoms with Gasteiger partial charge in [0.2, 0.25) is 5.90 Å². The lowest BCUT2D eigenvalue weighted by Crippen LogP contribution is -2.05. The van der Waals surface area contributed by atoms with E-state index in [4.69, 9.17) is 25.8 Å². The average molecular weight is 470 g/mol. The summed E-state index contributed by atoms with van der Waals surface area (Å²) in [6.07, 6.45) is 1.61. The van der Waals surface area contributed by atoms with Crippen LogP contribution >= 0.6 is 11.6 Å². The second-order valence-electron chi connectivity index (χ2n) is 7.66. The molecule has 0 spiro atoms. The van der Waals surface area contributed by atoms with Crippen molar-refractivity contribution in [3.8, 4) is 11.5 Å². The van der Waals surface area contributed by atoms with Gasteiger partial charge in [0.1, 0.15) is 6.61 Å². The van der Waals surface area contributed by atoms with Crippen molar-refractivity contribution in [2.24, 2.45) is 4.99 Å². The minimum atomic E-state index is -0.523. The van der Waals surface area contributed by atoms with Gasteiger partial charge < -0.3 is 14.2 Å². The standard InChI is InChI=1S/C28H20ClNO4/c1-32-25-16-18(15-24-28(31)34-27(30-24)20-9-3-2-4-10-20)14-23(29)26(25)33-17-21-12-7-11-19-8-5-6-13-22(19)21/h2-16H,17H2,1H3/b24-15-. The van der Waals surface area contributed by atoms with Crippen LogP contribution in [-0.2, 0) is 16.1 Å². The highest BCUT2D eigenvalue weighted by atomic mass is 35.5. The van der Waals surface area contributed by atoms with Crippen LogP contribution in [0.5, 0.6) is 11.5 Å². The van der Waals surface area contributed by atoms with E-state index in [0.717, 1.165) is 21.9 Å². The summed E-state index contributed by atoms with van der Waals surface area (Å²) >= 11 is 6.56. The number of rotatable bonds is 6. The largest absolute Gasteiger partial charge is 0.493 e. The molecule has 0 saturated carbocycles. The zero-order valence-electron chi connectivity index (χ0n) is 18.3. The first kappa shape index (κ1) is 21.7. The molecule has 4 aromatic carbocycles. The van der Waals surface area contributed by atoms with Crippen molar-refractivity contribution < 1.29 is 19.0 Å². The molecule has 168 valence electrons. The van der Waals surface area contributed by atoms with Gasteiger partial charge in [-0.2, -0.15) is 0 Å². The Morgan fingerprint density at radius 3 is 2.56 bits per heavy atom. The van der Waals surface area contributed by atoms with Crippen molar-refractivity contribution in [2.45, 2.75) is 6.61 Å². The van der Waals surface area contributed by atoms with Crippen LogP contribution in [0.4, 0.5) is 0 Å². The van der Waals surface area contributed by atoms with Crippen LogP contribution in [0, 0.1) is 0 Å². The average Bonchev–Trinajstić information content (AvgIpc) is 3.23. The molecule has 1 heterocycles. The van der Waals surface area contributed by atoms with Crippen molar-refractivity contribution >= 4 is 40.3 Å². The first-order valence-electron chi connectivity index (χ1n) is 10.7. The van der Waals surface area contributed by atoms with E-state index in [1.807, 2.05) is 54.6 Å². The quantitative estimate of drug-likeness (QED) is 0.241. The number of benzene rings is 4. The van der Waals surface area contributed by atoms with Gasteiger partial charge in [-0.1, -0.05) is 72.3 Å². The maximum atomic E-state index is 12.3. The Balaban J connectivity index is 1.42. The fraction of sp³-hybridized carbons (Fsp3) is 0.0714. The number of carbonyl (C=O) groups is 1. The number of esters is 1. The summed E-state index contributed by atoms with van der Waals surface area (Å²) in [6, 6.07) is 26.9. The molecule has 1 aliphatic heterocycles. The third-order valence-electron chi connectivity index (χ3n) is 5.45. The Hall–Kier alpha value is -4.09. The number of hydrogen-bond acceptors (Lipinski definition) is 5. The summed E-state index contributed by atoms with van der Waals surface area (Å²) < 4.78 is 16.9. The number of carbonyl (C=O) groups excluding carboxylic acids is 1. The van der Waals surface area contributed by atoms with Gasteiger partial charge in [-0.3, -0.25) is 0 Å². The van der Waals surface area contributed by atoms with Crippen LogP contribution in [0.15, 0.2) is 95.6 Å². The van der Waals surface area contributed by atoms with Gasteiger partial charge in [-0.15, -0.1) is 0 Å². The molecule has 0 saturated heterocycles. The molecule has 0 fully saturated rings. The zero-order chi connectivity index (χ0) is 23.5. The Morgan fingerprint density at radius 1 is 0.971 bits per heavy atom. The molecule has 4 aromatic rings. The van der Waals surface area contributed by atoms with Crippen LogP contribution in [0.2, 0.25) is 5.02 Å². The number of methoxy groups -OCH3 is 1. The van der Waals surface area contributed by atoms with Gasteiger partial charge in [-0.05, 0) is 52.2 Å². The maximum Gasteiger partial charge on any atom is 0.363 e. The fourth-order valence-corrected chi connectivity index (χ4v) is 4.08. The lowest BCUT2D eigenvalue weighted by Gasteiger charge is -2.14. The summed E-state index contributed by atoms with van der Waals surface area (Å²) in [5, 5.41) is 2.63. The predicted octanol–water partition coefficient (Wildman–Crippen LogP) is 6.43. The van der Waals surface area contributed by atoms with E-state index in [0.29, 0.717) is 28.7 Å². The minimum Gasteiger partial charge on any atom is -0.493 e. The van der Waals surface area contributed by atoms with Crippen molar-refractivity contribution in [3.05, 3.63) is 112 Å². The Kier molecular flexibility index (Phi) is 6.02. The minimum absolute atomic E-state index is 0.182. The van der Waals surface area contributed by atoms with E-state index < -0.39 is 5.97 Å². The van der Waals surface area contributed by atoms with E-state index in [-0.39, 0.29) is 11.6 Å². The normalized spacial score (nSPS) is 14.2. The van der Waals surface area contributed by atoms with E-state index in [9.17, 15) is 4.79 Å². The smallest absolute Gasteiger partial charge is 0.363 e. The second kappa shape index (κ2) is 9.41. The first-order chi connectivity index (χ1) is 16.6. The number of fused-ring (bicyclic) bond motifs is 1. The van der Waals surface area contributed by atoms with Gasteiger partial charge in [0.25, 0.3) is 0 Å². The van der Waals surface area contributed by atoms with Crippen LogP contribution in [0.25, 0.3) is 16.8 Å². The highest BCUT2D eigenvalue weighted by Crippen LogP contribution is 2.38. The lowest BCUT2D eigenvalue weighted by molar-refractivity contribution is -0.129. The Bertz CT molecular complexity index is 1440. The fourth-order valence-electron chi connectivity index (χ4n) is 3.80. The topological polar surface area (TPSA) is 57.1 Å². The van der Waals surface area contributed by atoms with Gasteiger partial charge in [0.05, 0.1) is 12.1 Å². The molecule has 34 heavy (non-hydrogen) atoms. The van der Waals surface area contributed by atoms with Gasteiger partial charge in [-0.25, -0.2) is 9.79 Å². The summed E-state index contributed by atoms with van der Waals surface area (Å²) in [5.74, 6) is 0.634. The molecule has 0 radical (unpaired) electrons. The summed E-state index contributed by atoms with van der Waals surface area (Å²) in [7, 11) is 1.54. The van der Waals surface area contributed by atoms with Crippen molar-refractivity contribution in [1.29, 1.82) is 0 Å². The summed E-state index contributed by atoms with van der Waals surface area (Å²) in [4.78, 5) is 16.7. The van der Waals surface area contributed by atoms with Gasteiger partial charge >= 0.3 is 5.97 Å². The molecule has 0 bridgehead atoms. The maximum absolute atomic E-state index is 12.3. The number of cyclic esters (lactones) is 1. The molecule has 0 atom stereocenters. The number of hydrogen-bond donors (Lipinski definition) is 0. The van der Waals surface area contributed by atoms with E-state index in [1.165, 1.54) is 0 Å². The number of aliphatic imine (C=N–C) groups is 1. The van der Waals surface area contributed by atoms with Crippen LogP contribution in [0.1, 0.15) is 16.7 Å². The van der Waals surface area contributed by atoms with Crippen molar-refractivity contribution in [2.75, 3.05) is 7.11 Å². The Morgan fingerprint density at radius 2 is 1.74 bits per heavy atom. The van der Waals surface area contributed by atoms with Crippen LogP contribution in [0.3, 0.4) is 0 Å². The Labute approximate surface area is 201 Å². The second-order valence-corrected chi connectivity index (χ2v) is 8.07. The molecular weight excluding hydrogens is 450 g/mol. The molecule has 0 aromatic heterocycles. The third-order valence-corrected chi connectivity index (χ3v) is 5.73.